The number of halogens is 5. The number of fused-ring (bicyclic) bond motifs is 1. The molecular weight excluding hydrogens is 540 g/mol. The molecular formula is C23H21Cl2F3N4O5. The predicted molar refractivity (Wildman–Crippen MR) is 125 cm³/mol. The summed E-state index contributed by atoms with van der Waals surface area (Å²) < 4.78 is 42.7. The molecule has 2 aliphatic rings. The zero-order chi connectivity index (χ0) is 27.1. The molecule has 1 aromatic heterocycles. The zero-order valence-corrected chi connectivity index (χ0v) is 20.8. The van der Waals surface area contributed by atoms with Crippen molar-refractivity contribution in [1.82, 2.24) is 20.1 Å². The number of benzene rings is 1. The van der Waals surface area contributed by atoms with Crippen molar-refractivity contribution in [2.45, 2.75) is 44.3 Å². The van der Waals surface area contributed by atoms with Crippen molar-refractivity contribution in [3.05, 3.63) is 51.8 Å². The lowest BCUT2D eigenvalue weighted by Crippen LogP contribution is -2.66. The number of hydrogen-bond donors (Lipinski definition) is 2. The van der Waals surface area contributed by atoms with Gasteiger partial charge in [-0.1, -0.05) is 41.4 Å². The Hall–Kier alpha value is -3.25. The van der Waals surface area contributed by atoms with E-state index in [2.05, 4.69) is 15.0 Å². The number of nitrogens with zero attached hydrogens (tertiary/aromatic N) is 3. The van der Waals surface area contributed by atoms with Crippen LogP contribution in [0.5, 0.6) is 11.5 Å². The summed E-state index contributed by atoms with van der Waals surface area (Å²) in [6.45, 7) is -0.455. The number of alkyl halides is 3. The van der Waals surface area contributed by atoms with Crippen LogP contribution in [0.4, 0.5) is 18.0 Å². The number of ether oxygens (including phenoxy) is 1. The minimum atomic E-state index is -4.96. The van der Waals surface area contributed by atoms with Crippen molar-refractivity contribution < 1.29 is 37.4 Å². The summed E-state index contributed by atoms with van der Waals surface area (Å²) in [5.41, 5.74) is -0.194. The summed E-state index contributed by atoms with van der Waals surface area (Å²) in [6.07, 6.45) is -3.45. The van der Waals surface area contributed by atoms with Gasteiger partial charge in [0.15, 0.2) is 10.9 Å². The van der Waals surface area contributed by atoms with E-state index in [0.29, 0.717) is 19.3 Å². The summed E-state index contributed by atoms with van der Waals surface area (Å²) in [5, 5.41) is 11.9. The van der Waals surface area contributed by atoms with E-state index in [-0.39, 0.29) is 21.4 Å². The molecule has 2 heterocycles. The van der Waals surface area contributed by atoms with Crippen LogP contribution in [-0.4, -0.2) is 63.2 Å². The van der Waals surface area contributed by atoms with E-state index < -0.39 is 60.3 Å². The quantitative estimate of drug-likeness (QED) is 0.525. The maximum absolute atomic E-state index is 13.6. The van der Waals surface area contributed by atoms with Crippen molar-refractivity contribution in [1.29, 1.82) is 0 Å². The lowest BCUT2D eigenvalue weighted by Gasteiger charge is -2.48. The van der Waals surface area contributed by atoms with Gasteiger partial charge in [0.1, 0.15) is 11.4 Å². The van der Waals surface area contributed by atoms with Crippen molar-refractivity contribution in [2.75, 3.05) is 7.05 Å². The number of aromatic nitrogens is 1. The topological polar surface area (TPSA) is 112 Å². The van der Waals surface area contributed by atoms with E-state index in [1.54, 1.807) is 0 Å². The molecule has 4 rings (SSSR count). The second-order valence-corrected chi connectivity index (χ2v) is 9.47. The van der Waals surface area contributed by atoms with Gasteiger partial charge in [-0.3, -0.25) is 14.5 Å². The molecule has 0 bridgehead atoms. The SMILES string of the molecule is CN1C(=O)N(Cc2ccccc2OC(F)(F)F)C(=O)C2C(NC(=O)c3cc(Cl)c(O)c(Cl)n3)CCCC21. The normalized spacial score (nSPS) is 22.1. The van der Waals surface area contributed by atoms with Crippen molar-refractivity contribution >= 4 is 41.0 Å². The molecule has 37 heavy (non-hydrogen) atoms. The lowest BCUT2D eigenvalue weighted by molar-refractivity contribution is -0.274. The van der Waals surface area contributed by atoms with Gasteiger partial charge in [-0.15, -0.1) is 13.2 Å². The first kappa shape index (κ1) is 26.8. The standard InChI is InChI=1S/C23H21Cl2F3N4O5/c1-31-15-7-4-6-13(30-20(34)14-9-12(24)18(33)19(25)29-14)17(15)21(35)32(22(31)36)10-11-5-2-3-8-16(11)37-23(26,27)28/h2-3,5,8-9,13,15,17,33H,4,6-7,10H2,1H3,(H,30,34). The summed E-state index contributed by atoms with van der Waals surface area (Å²) >= 11 is 11.7. The summed E-state index contributed by atoms with van der Waals surface area (Å²) in [7, 11) is 1.50. The van der Waals surface area contributed by atoms with E-state index in [1.807, 2.05) is 0 Å². The van der Waals surface area contributed by atoms with E-state index in [4.69, 9.17) is 23.2 Å². The third-order valence-corrected chi connectivity index (χ3v) is 6.98. The Kier molecular flexibility index (Phi) is 7.43. The second-order valence-electron chi connectivity index (χ2n) is 8.71. The number of para-hydroxylation sites is 1. The van der Waals surface area contributed by atoms with Crippen LogP contribution in [0.15, 0.2) is 30.3 Å². The zero-order valence-electron chi connectivity index (χ0n) is 19.3. The van der Waals surface area contributed by atoms with Crippen molar-refractivity contribution in [2.24, 2.45) is 5.92 Å². The van der Waals surface area contributed by atoms with Gasteiger partial charge in [0.25, 0.3) is 5.91 Å². The molecule has 1 saturated carbocycles. The maximum atomic E-state index is 13.6. The van der Waals surface area contributed by atoms with E-state index in [9.17, 15) is 32.7 Å². The van der Waals surface area contributed by atoms with Gasteiger partial charge in [0, 0.05) is 24.7 Å². The Balaban J connectivity index is 1.59. The largest absolute Gasteiger partial charge is 0.573 e. The van der Waals surface area contributed by atoms with Gasteiger partial charge < -0.3 is 20.1 Å². The Morgan fingerprint density at radius 1 is 1.24 bits per heavy atom. The fraction of sp³-hybridized carbons (Fsp3) is 0.391. The van der Waals surface area contributed by atoms with Gasteiger partial charge in [0.2, 0.25) is 5.91 Å². The summed E-state index contributed by atoms with van der Waals surface area (Å²) in [6, 6.07) is 4.45. The second kappa shape index (κ2) is 10.3. The molecule has 1 aliphatic heterocycles. The number of hydrogen-bond acceptors (Lipinski definition) is 6. The van der Waals surface area contributed by atoms with Crippen LogP contribution in [0.1, 0.15) is 35.3 Å². The number of imide groups is 1. The molecule has 9 nitrogen and oxygen atoms in total. The van der Waals surface area contributed by atoms with Crippen LogP contribution < -0.4 is 10.1 Å². The molecule has 1 aliphatic carbocycles. The number of rotatable bonds is 5. The number of carbonyl (C=O) groups excluding carboxylic acids is 3. The molecule has 1 saturated heterocycles. The summed E-state index contributed by atoms with van der Waals surface area (Å²) in [5.74, 6) is -3.20. The van der Waals surface area contributed by atoms with Crippen LogP contribution in [0.2, 0.25) is 10.2 Å². The highest BCUT2D eigenvalue weighted by Crippen LogP contribution is 2.36. The molecule has 3 atom stereocenters. The number of nitrogens with one attached hydrogen (secondary N) is 1. The fourth-order valence-corrected chi connectivity index (χ4v) is 5.16. The van der Waals surface area contributed by atoms with E-state index >= 15 is 0 Å². The molecule has 1 aromatic carbocycles. The van der Waals surface area contributed by atoms with Crippen LogP contribution in [-0.2, 0) is 11.3 Å². The van der Waals surface area contributed by atoms with Gasteiger partial charge in [-0.05, 0) is 31.4 Å². The highest BCUT2D eigenvalue weighted by atomic mass is 35.5. The molecule has 2 fully saturated rings. The molecule has 198 valence electrons. The molecule has 2 aromatic rings. The Morgan fingerprint density at radius 3 is 2.62 bits per heavy atom. The highest BCUT2D eigenvalue weighted by molar-refractivity contribution is 6.36. The van der Waals surface area contributed by atoms with Crippen molar-refractivity contribution in [3.8, 4) is 11.5 Å². The first-order chi connectivity index (χ1) is 17.4. The number of amides is 4. The number of carbonyl (C=O) groups is 3. The van der Waals surface area contributed by atoms with Gasteiger partial charge in [-0.25, -0.2) is 9.78 Å². The van der Waals surface area contributed by atoms with Crippen LogP contribution >= 0.6 is 23.2 Å². The Bertz CT molecular complexity index is 1220. The Morgan fingerprint density at radius 2 is 1.95 bits per heavy atom. The predicted octanol–water partition coefficient (Wildman–Crippen LogP) is 4.35. The molecule has 0 spiro atoms. The van der Waals surface area contributed by atoms with E-state index in [1.165, 1.54) is 30.1 Å². The summed E-state index contributed by atoms with van der Waals surface area (Å²) in [4.78, 5) is 45.6. The minimum absolute atomic E-state index is 0.0117. The molecule has 0 radical (unpaired) electrons. The number of pyridine rings is 1. The van der Waals surface area contributed by atoms with Crippen LogP contribution in [0.3, 0.4) is 0 Å². The maximum Gasteiger partial charge on any atom is 0.573 e. The Labute approximate surface area is 219 Å². The van der Waals surface area contributed by atoms with Crippen LogP contribution in [0, 0.1) is 5.92 Å². The van der Waals surface area contributed by atoms with Crippen molar-refractivity contribution in [3.63, 3.8) is 0 Å². The molecule has 4 amide bonds. The van der Waals surface area contributed by atoms with Gasteiger partial charge in [0.05, 0.1) is 17.5 Å². The van der Waals surface area contributed by atoms with Crippen LogP contribution in [0.25, 0.3) is 0 Å². The van der Waals surface area contributed by atoms with Gasteiger partial charge >= 0.3 is 12.4 Å². The first-order valence-corrected chi connectivity index (χ1v) is 11.9. The monoisotopic (exact) mass is 560 g/mol. The lowest BCUT2D eigenvalue weighted by atomic mass is 9.77. The molecule has 3 unspecified atom stereocenters. The van der Waals surface area contributed by atoms with E-state index in [0.717, 1.165) is 17.0 Å². The third kappa shape index (κ3) is 5.54. The average molecular weight is 561 g/mol. The minimum Gasteiger partial charge on any atom is -0.504 e. The number of urea groups is 1. The smallest absolute Gasteiger partial charge is 0.504 e. The average Bonchev–Trinajstić information content (AvgIpc) is 2.83. The molecule has 2 N–H and O–H groups in total. The fourth-order valence-electron chi connectivity index (χ4n) is 4.72. The first-order valence-electron chi connectivity index (χ1n) is 11.1. The highest BCUT2D eigenvalue weighted by Gasteiger charge is 2.50. The molecule has 14 heteroatoms. The van der Waals surface area contributed by atoms with Gasteiger partial charge in [-0.2, -0.15) is 0 Å². The number of aromatic hydroxyl groups is 1. The third-order valence-electron chi connectivity index (χ3n) is 6.42.